The fraction of sp³-hybridized carbons (Fsp3) is 0.158. The van der Waals surface area contributed by atoms with Gasteiger partial charge in [-0.2, -0.15) is 11.3 Å². The smallest absolute Gasteiger partial charge is 0 e. The molecule has 3 aromatic heterocycles. The Kier molecular flexibility index (Phi) is 9.58. The summed E-state index contributed by atoms with van der Waals surface area (Å²) < 4.78 is 39.7. The Morgan fingerprint density at radius 1 is 0.844 bits per heavy atom. The average Bonchev–Trinajstić information content (AvgIpc) is 3.40. The predicted molar refractivity (Wildman–Crippen MR) is 184 cm³/mol. The van der Waals surface area contributed by atoms with Crippen LogP contribution in [0, 0.1) is 23.8 Å². The van der Waals surface area contributed by atoms with Gasteiger partial charge >= 0.3 is 99.8 Å². The summed E-state index contributed by atoms with van der Waals surface area (Å²) in [6.07, 6.45) is 3.21. The minimum Gasteiger partial charge on any atom is 0 e. The molecule has 0 bridgehead atoms. The third kappa shape index (κ3) is 6.95. The van der Waals surface area contributed by atoms with Gasteiger partial charge in [-0.05, 0) is 33.7 Å². The Bertz CT molecular complexity index is 2160. The van der Waals surface area contributed by atoms with Crippen molar-refractivity contribution in [1.82, 2.24) is 9.97 Å². The summed E-state index contributed by atoms with van der Waals surface area (Å²) in [7, 11) is 0. The molecule has 0 spiro atoms. The zero-order valence-electron chi connectivity index (χ0n) is 26.6. The van der Waals surface area contributed by atoms with Crippen LogP contribution < -0.4 is 4.40 Å². The van der Waals surface area contributed by atoms with Crippen LogP contribution in [-0.4, -0.2) is 23.2 Å². The number of fused-ring (bicyclic) bond motifs is 5. The van der Waals surface area contributed by atoms with Crippen molar-refractivity contribution in [2.24, 2.45) is 0 Å². The second-order valence-corrected chi connectivity index (χ2v) is 23.7. The van der Waals surface area contributed by atoms with Gasteiger partial charge in [0, 0.05) is 31.9 Å². The molecule has 0 aliphatic carbocycles. The second kappa shape index (κ2) is 13.6. The van der Waals surface area contributed by atoms with Crippen LogP contribution in [0.4, 0.5) is 8.78 Å². The van der Waals surface area contributed by atoms with Gasteiger partial charge in [-0.25, -0.2) is 8.78 Å². The first-order valence-electron chi connectivity index (χ1n) is 15.0. The van der Waals surface area contributed by atoms with Crippen molar-refractivity contribution >= 4 is 59.9 Å². The molecule has 0 atom stereocenters. The average molecular weight is 853 g/mol. The van der Waals surface area contributed by atoms with Gasteiger partial charge in [-0.3, -0.25) is 4.98 Å². The van der Waals surface area contributed by atoms with Gasteiger partial charge in [0.05, 0.1) is 6.20 Å². The van der Waals surface area contributed by atoms with Crippen LogP contribution in [0.2, 0.25) is 17.3 Å². The molecule has 229 valence electrons. The molecule has 4 aromatic carbocycles. The van der Waals surface area contributed by atoms with E-state index in [1.165, 1.54) is 34.1 Å². The molecule has 0 amide bonds. The van der Waals surface area contributed by atoms with E-state index in [0.29, 0.717) is 5.69 Å². The predicted octanol–water partition coefficient (Wildman–Crippen LogP) is 10.6. The Balaban J connectivity index is 0.000000209. The molecule has 0 fully saturated rings. The fourth-order valence-corrected chi connectivity index (χ4v) is 8.63. The first kappa shape index (κ1) is 31.7. The van der Waals surface area contributed by atoms with Crippen LogP contribution in [0.15, 0.2) is 97.3 Å². The van der Waals surface area contributed by atoms with Crippen molar-refractivity contribution in [1.29, 1.82) is 0 Å². The maximum absolute atomic E-state index is 14.3. The van der Waals surface area contributed by atoms with E-state index in [-0.39, 0.29) is 31.5 Å². The van der Waals surface area contributed by atoms with Crippen LogP contribution >= 0.6 is 11.3 Å². The molecule has 45 heavy (non-hydrogen) atoms. The first-order valence-corrected chi connectivity index (χ1v) is 22.6. The van der Waals surface area contributed by atoms with Crippen molar-refractivity contribution in [2.45, 2.75) is 37.0 Å². The number of benzene rings is 4. The Morgan fingerprint density at radius 2 is 1.60 bits per heavy atom. The van der Waals surface area contributed by atoms with Crippen LogP contribution in [0.5, 0.6) is 0 Å². The summed E-state index contributed by atoms with van der Waals surface area (Å²) in [6, 6.07) is 33.3. The largest absolute Gasteiger partial charge is 0 e. The van der Waals surface area contributed by atoms with Gasteiger partial charge in [-0.1, -0.05) is 60.5 Å². The zero-order valence-corrected chi connectivity index (χ0v) is 30.9. The van der Waals surface area contributed by atoms with Gasteiger partial charge in [0.25, 0.3) is 0 Å². The van der Waals surface area contributed by atoms with Crippen molar-refractivity contribution < 1.29 is 30.3 Å². The first-order chi connectivity index (χ1) is 21.4. The van der Waals surface area contributed by atoms with Gasteiger partial charge in [0.1, 0.15) is 11.6 Å². The third-order valence-corrected chi connectivity index (χ3v) is 13.0. The quantitative estimate of drug-likeness (QED) is 0.130. The SMILES string of the molecule is [2H]C(C)(C)c1cc(-c2[c-]c3ccccc3c3c2sc2cc(F)ccc23)ncc1F.[CH3][Ge]([CH3])([CH3])[c]1ccc(-c2[c-]cccc2)nc1.[Ir]. The summed E-state index contributed by atoms with van der Waals surface area (Å²) >= 11 is -0.238. The van der Waals surface area contributed by atoms with Crippen LogP contribution in [0.25, 0.3) is 53.5 Å². The summed E-state index contributed by atoms with van der Waals surface area (Å²) in [5.74, 6) is 5.27. The minimum atomic E-state index is -1.72. The van der Waals surface area contributed by atoms with Gasteiger partial charge < -0.3 is 0 Å². The molecule has 0 aliphatic heterocycles. The van der Waals surface area contributed by atoms with Crippen molar-refractivity contribution in [3.8, 4) is 22.5 Å². The van der Waals surface area contributed by atoms with E-state index in [1.54, 1.807) is 26.0 Å². The van der Waals surface area contributed by atoms with E-state index in [4.69, 9.17) is 1.37 Å². The maximum Gasteiger partial charge on any atom is 0 e. The van der Waals surface area contributed by atoms with Gasteiger partial charge in [0.15, 0.2) is 0 Å². The fourth-order valence-electron chi connectivity index (χ4n) is 5.20. The second-order valence-electron chi connectivity index (χ2n) is 12.0. The van der Waals surface area contributed by atoms with Gasteiger partial charge in [-0.15, -0.1) is 17.5 Å². The van der Waals surface area contributed by atoms with Gasteiger partial charge in [0.2, 0.25) is 0 Å². The summed E-state index contributed by atoms with van der Waals surface area (Å²) in [5.41, 5.74) is 3.66. The molecule has 7 heteroatoms. The molecule has 0 unspecified atom stereocenters. The van der Waals surface area contributed by atoms with E-state index >= 15 is 0 Å². The molecule has 7 rings (SSSR count). The number of hydrogen-bond acceptors (Lipinski definition) is 3. The monoisotopic (exact) mass is 854 g/mol. The van der Waals surface area contributed by atoms with E-state index in [9.17, 15) is 8.78 Å². The molecule has 0 aliphatic rings. The molecular formula is C38H32F2GeIrN2S-2. The Hall–Kier alpha value is -3.29. The molecule has 0 N–H and O–H groups in total. The Labute approximate surface area is 284 Å². The Morgan fingerprint density at radius 3 is 2.29 bits per heavy atom. The standard InChI is InChI=1S/C24H16F2NS.C14H16GeN.Ir/c1-13(2)18-11-21(27-12-20(18)26)19-9-14-5-3-4-6-16(14)23-17-8-7-15(25)10-22(17)28-24(19)23;1-15(2,3)13-9-10-14(16-11-13)12-7-5-4-6-8-12;/h3-8,10-13H,1-2H3;4-7,9-11H,1-3H3;/q2*-1;/i13D;;. The molecular weight excluding hydrogens is 819 g/mol. The number of hydrogen-bond donors (Lipinski definition) is 0. The normalized spacial score (nSPS) is 12.0. The minimum absolute atomic E-state index is 0. The molecule has 7 aromatic rings. The molecule has 2 nitrogen and oxygen atoms in total. The van der Waals surface area contributed by atoms with E-state index in [1.807, 2.05) is 54.7 Å². The third-order valence-electron chi connectivity index (χ3n) is 7.60. The number of rotatable bonds is 4. The molecule has 0 saturated heterocycles. The van der Waals surface area contributed by atoms with Crippen LogP contribution in [0.1, 0.15) is 26.7 Å². The van der Waals surface area contributed by atoms with Crippen LogP contribution in [0.3, 0.4) is 0 Å². The molecule has 1 radical (unpaired) electrons. The number of aromatic nitrogens is 2. The summed E-state index contributed by atoms with van der Waals surface area (Å²) in [4.78, 5) is 8.84. The zero-order chi connectivity index (χ0) is 31.9. The van der Waals surface area contributed by atoms with E-state index in [2.05, 4.69) is 51.5 Å². The number of halogens is 2. The number of thiophene rings is 1. The van der Waals surface area contributed by atoms with E-state index in [0.717, 1.165) is 47.8 Å². The van der Waals surface area contributed by atoms with Crippen molar-refractivity contribution in [2.75, 3.05) is 0 Å². The topological polar surface area (TPSA) is 25.8 Å². The summed E-state index contributed by atoms with van der Waals surface area (Å²) in [6.45, 7) is 3.30. The maximum atomic E-state index is 14.3. The van der Waals surface area contributed by atoms with E-state index < -0.39 is 25.0 Å². The number of nitrogens with zero attached hydrogens (tertiary/aromatic N) is 2. The molecule has 0 saturated carbocycles. The number of pyridine rings is 2. The summed E-state index contributed by atoms with van der Waals surface area (Å²) in [5, 5.41) is 3.94. The molecule has 3 heterocycles. The van der Waals surface area contributed by atoms with Crippen molar-refractivity contribution in [3.05, 3.63) is 127 Å². The van der Waals surface area contributed by atoms with Crippen molar-refractivity contribution in [3.63, 3.8) is 0 Å². The van der Waals surface area contributed by atoms with Crippen LogP contribution in [-0.2, 0) is 20.1 Å².